The van der Waals surface area contributed by atoms with Crippen molar-refractivity contribution in [1.82, 2.24) is 0 Å². The van der Waals surface area contributed by atoms with Gasteiger partial charge in [0.05, 0.1) is 17.7 Å². The molecule has 2 aromatic rings. The lowest BCUT2D eigenvalue weighted by atomic mass is 10.1. The van der Waals surface area contributed by atoms with E-state index in [4.69, 9.17) is 9.88 Å². The Morgan fingerprint density at radius 3 is 2.58 bits per heavy atom. The first-order valence-electron chi connectivity index (χ1n) is 7.05. The third-order valence-corrected chi connectivity index (χ3v) is 4.26. The molecule has 0 aliphatic carbocycles. The summed E-state index contributed by atoms with van der Waals surface area (Å²) in [5.41, 5.74) is 0.612. The van der Waals surface area contributed by atoms with Gasteiger partial charge in [0.25, 0.3) is 0 Å². The van der Waals surface area contributed by atoms with Crippen LogP contribution in [0.5, 0.6) is 5.75 Å². The van der Waals surface area contributed by atoms with Gasteiger partial charge >= 0.3 is 0 Å². The minimum Gasteiger partial charge on any atom is -0.495 e. The summed E-state index contributed by atoms with van der Waals surface area (Å²) in [6.07, 6.45) is 0.249. The lowest BCUT2D eigenvalue weighted by Gasteiger charge is -2.11. The number of aryl methyl sites for hydroxylation is 1. The number of sulfonamides is 1. The SMILES string of the molecule is COc1ccc(S(N)(=O)=O)cc1NC(=O)CCc1ccccc1F. The molecule has 0 bridgehead atoms. The number of ether oxygens (including phenoxy) is 1. The summed E-state index contributed by atoms with van der Waals surface area (Å²) in [6.45, 7) is 0. The highest BCUT2D eigenvalue weighted by molar-refractivity contribution is 7.89. The first-order valence-corrected chi connectivity index (χ1v) is 8.60. The molecule has 0 aromatic heterocycles. The number of rotatable bonds is 6. The Labute approximate surface area is 139 Å². The van der Waals surface area contributed by atoms with Gasteiger partial charge in [-0.2, -0.15) is 0 Å². The first kappa shape index (κ1) is 17.9. The number of nitrogens with two attached hydrogens (primary N) is 1. The highest BCUT2D eigenvalue weighted by atomic mass is 32.2. The molecule has 128 valence electrons. The van der Waals surface area contributed by atoms with Crippen molar-refractivity contribution in [2.45, 2.75) is 17.7 Å². The van der Waals surface area contributed by atoms with Crippen LogP contribution in [-0.4, -0.2) is 21.4 Å². The quantitative estimate of drug-likeness (QED) is 0.831. The Morgan fingerprint density at radius 1 is 1.25 bits per heavy atom. The molecule has 6 nitrogen and oxygen atoms in total. The maximum absolute atomic E-state index is 13.5. The summed E-state index contributed by atoms with van der Waals surface area (Å²) in [6, 6.07) is 10.1. The van der Waals surface area contributed by atoms with Crippen LogP contribution in [0.25, 0.3) is 0 Å². The fraction of sp³-hybridized carbons (Fsp3) is 0.188. The van der Waals surface area contributed by atoms with Crippen LogP contribution in [0.3, 0.4) is 0 Å². The van der Waals surface area contributed by atoms with Crippen molar-refractivity contribution in [1.29, 1.82) is 0 Å². The predicted molar refractivity (Wildman–Crippen MR) is 87.7 cm³/mol. The number of methoxy groups -OCH3 is 1. The number of carbonyl (C=O) groups is 1. The minimum atomic E-state index is -3.90. The van der Waals surface area contributed by atoms with Gasteiger partial charge in [-0.15, -0.1) is 0 Å². The second-order valence-electron chi connectivity index (χ2n) is 5.05. The molecule has 0 spiro atoms. The number of primary sulfonamides is 1. The molecule has 0 fully saturated rings. The molecule has 2 rings (SSSR count). The molecular formula is C16H17FN2O4S. The van der Waals surface area contributed by atoms with Gasteiger partial charge in [-0.1, -0.05) is 18.2 Å². The van der Waals surface area contributed by atoms with E-state index in [-0.39, 0.29) is 29.2 Å². The zero-order valence-electron chi connectivity index (χ0n) is 13.0. The molecule has 2 aromatic carbocycles. The topological polar surface area (TPSA) is 98.5 Å². The Kier molecular flexibility index (Phi) is 5.53. The van der Waals surface area contributed by atoms with E-state index in [9.17, 15) is 17.6 Å². The van der Waals surface area contributed by atoms with Crippen molar-refractivity contribution >= 4 is 21.6 Å². The monoisotopic (exact) mass is 352 g/mol. The third-order valence-electron chi connectivity index (χ3n) is 3.35. The van der Waals surface area contributed by atoms with Crippen LogP contribution in [0.15, 0.2) is 47.4 Å². The molecule has 0 unspecified atom stereocenters. The summed E-state index contributed by atoms with van der Waals surface area (Å²) in [5.74, 6) is -0.483. The number of carbonyl (C=O) groups excluding carboxylic acids is 1. The van der Waals surface area contributed by atoms with Crippen LogP contribution in [-0.2, 0) is 21.2 Å². The van der Waals surface area contributed by atoms with Gasteiger partial charge in [0.2, 0.25) is 15.9 Å². The van der Waals surface area contributed by atoms with Crippen LogP contribution in [0.1, 0.15) is 12.0 Å². The van der Waals surface area contributed by atoms with E-state index in [1.807, 2.05) is 0 Å². The molecule has 8 heteroatoms. The molecule has 0 radical (unpaired) electrons. The maximum Gasteiger partial charge on any atom is 0.238 e. The van der Waals surface area contributed by atoms with Gasteiger partial charge in [-0.3, -0.25) is 4.79 Å². The van der Waals surface area contributed by atoms with E-state index < -0.39 is 15.9 Å². The van der Waals surface area contributed by atoms with Crippen molar-refractivity contribution in [3.05, 3.63) is 53.8 Å². The average Bonchev–Trinajstić information content (AvgIpc) is 2.53. The number of halogens is 1. The molecule has 0 aliphatic heterocycles. The van der Waals surface area contributed by atoms with Gasteiger partial charge in [0.15, 0.2) is 0 Å². The van der Waals surface area contributed by atoms with Crippen molar-refractivity contribution in [3.63, 3.8) is 0 Å². The molecular weight excluding hydrogens is 335 g/mol. The lowest BCUT2D eigenvalue weighted by molar-refractivity contribution is -0.116. The van der Waals surface area contributed by atoms with E-state index in [0.717, 1.165) is 0 Å². The van der Waals surface area contributed by atoms with Crippen LogP contribution in [0.4, 0.5) is 10.1 Å². The second-order valence-corrected chi connectivity index (χ2v) is 6.61. The smallest absolute Gasteiger partial charge is 0.238 e. The Balaban J connectivity index is 2.12. The number of hydrogen-bond acceptors (Lipinski definition) is 4. The highest BCUT2D eigenvalue weighted by Crippen LogP contribution is 2.27. The average molecular weight is 352 g/mol. The number of nitrogens with one attached hydrogen (secondary N) is 1. The molecule has 0 heterocycles. The second kappa shape index (κ2) is 7.41. The number of benzene rings is 2. The normalized spacial score (nSPS) is 11.1. The van der Waals surface area contributed by atoms with E-state index >= 15 is 0 Å². The van der Waals surface area contributed by atoms with Crippen LogP contribution >= 0.6 is 0 Å². The van der Waals surface area contributed by atoms with E-state index in [1.54, 1.807) is 18.2 Å². The zero-order valence-corrected chi connectivity index (χ0v) is 13.8. The molecule has 0 saturated carbocycles. The largest absolute Gasteiger partial charge is 0.495 e. The maximum atomic E-state index is 13.5. The molecule has 0 saturated heterocycles. The molecule has 3 N–H and O–H groups in total. The molecule has 1 amide bonds. The summed E-state index contributed by atoms with van der Waals surface area (Å²) in [4.78, 5) is 11.9. The van der Waals surface area contributed by atoms with Crippen LogP contribution in [0.2, 0.25) is 0 Å². The van der Waals surface area contributed by atoms with Crippen molar-refractivity contribution in [2.75, 3.05) is 12.4 Å². The Bertz CT molecular complexity index is 853. The lowest BCUT2D eigenvalue weighted by Crippen LogP contribution is -2.16. The Morgan fingerprint density at radius 2 is 1.96 bits per heavy atom. The van der Waals surface area contributed by atoms with Gasteiger partial charge in [-0.05, 0) is 36.2 Å². The summed E-state index contributed by atoms with van der Waals surface area (Å²) < 4.78 is 41.4. The van der Waals surface area contributed by atoms with Crippen LogP contribution < -0.4 is 15.2 Å². The summed E-state index contributed by atoms with van der Waals surface area (Å²) in [5, 5.41) is 7.63. The standard InChI is InChI=1S/C16H17FN2O4S/c1-23-15-8-7-12(24(18,21)22)10-14(15)19-16(20)9-6-11-4-2-3-5-13(11)17/h2-5,7-8,10H,6,9H2,1H3,(H,19,20)(H2,18,21,22). The van der Waals surface area contributed by atoms with E-state index in [0.29, 0.717) is 11.3 Å². The van der Waals surface area contributed by atoms with Crippen molar-refractivity contribution in [3.8, 4) is 5.75 Å². The van der Waals surface area contributed by atoms with Crippen molar-refractivity contribution < 1.29 is 22.3 Å². The minimum absolute atomic E-state index is 0.0314. The first-order chi connectivity index (χ1) is 11.3. The van der Waals surface area contributed by atoms with E-state index in [1.165, 1.54) is 31.4 Å². The molecule has 24 heavy (non-hydrogen) atoms. The van der Waals surface area contributed by atoms with Crippen molar-refractivity contribution in [2.24, 2.45) is 5.14 Å². The third kappa shape index (κ3) is 4.53. The Hall–Kier alpha value is -2.45. The zero-order chi connectivity index (χ0) is 17.7. The molecule has 0 atom stereocenters. The fourth-order valence-electron chi connectivity index (χ4n) is 2.12. The number of amides is 1. The van der Waals surface area contributed by atoms with Gasteiger partial charge in [0.1, 0.15) is 11.6 Å². The number of hydrogen-bond donors (Lipinski definition) is 2. The van der Waals surface area contributed by atoms with Crippen LogP contribution in [0, 0.1) is 5.82 Å². The van der Waals surface area contributed by atoms with E-state index in [2.05, 4.69) is 5.32 Å². The van der Waals surface area contributed by atoms with Gasteiger partial charge in [0, 0.05) is 6.42 Å². The summed E-state index contributed by atoms with van der Waals surface area (Å²) in [7, 11) is -2.51. The number of anilines is 1. The highest BCUT2D eigenvalue weighted by Gasteiger charge is 2.14. The molecule has 0 aliphatic rings. The predicted octanol–water partition coefficient (Wildman–Crippen LogP) is 2.05. The summed E-state index contributed by atoms with van der Waals surface area (Å²) >= 11 is 0. The van der Waals surface area contributed by atoms with Gasteiger partial charge in [-0.25, -0.2) is 17.9 Å². The van der Waals surface area contributed by atoms with Gasteiger partial charge < -0.3 is 10.1 Å². The fourth-order valence-corrected chi connectivity index (χ4v) is 2.66.